The SMILES string of the molecule is COc1cc(/C=C/C(=O)OCC(=O)Nc2ccccc2C)cc(Cl)c1OC(C)C. The molecule has 7 heteroatoms. The van der Waals surface area contributed by atoms with Crippen molar-refractivity contribution in [2.45, 2.75) is 26.9 Å². The highest BCUT2D eigenvalue weighted by Gasteiger charge is 2.13. The molecule has 0 spiro atoms. The van der Waals surface area contributed by atoms with E-state index in [4.69, 9.17) is 25.8 Å². The zero-order valence-corrected chi connectivity index (χ0v) is 17.6. The quantitative estimate of drug-likeness (QED) is 0.500. The maximum Gasteiger partial charge on any atom is 0.331 e. The van der Waals surface area contributed by atoms with Crippen molar-refractivity contribution in [3.05, 3.63) is 58.6 Å². The fourth-order valence-electron chi connectivity index (χ4n) is 2.43. The highest BCUT2D eigenvalue weighted by atomic mass is 35.5. The van der Waals surface area contributed by atoms with Crippen molar-refractivity contribution in [2.75, 3.05) is 19.0 Å². The standard InChI is InChI=1S/C22H24ClNO5/c1-14(2)29-22-17(23)11-16(12-19(22)27-4)9-10-21(26)28-13-20(25)24-18-8-6-5-7-15(18)3/h5-12,14H,13H2,1-4H3,(H,24,25)/b10-9+. The first-order valence-electron chi connectivity index (χ1n) is 9.04. The first-order chi connectivity index (χ1) is 13.8. The van der Waals surface area contributed by atoms with E-state index < -0.39 is 11.9 Å². The number of methoxy groups -OCH3 is 1. The normalized spacial score (nSPS) is 10.8. The van der Waals surface area contributed by atoms with Gasteiger partial charge in [0.25, 0.3) is 5.91 Å². The van der Waals surface area contributed by atoms with Crippen LogP contribution in [0.2, 0.25) is 5.02 Å². The number of anilines is 1. The van der Waals surface area contributed by atoms with E-state index in [9.17, 15) is 9.59 Å². The number of benzene rings is 2. The van der Waals surface area contributed by atoms with E-state index in [-0.39, 0.29) is 12.7 Å². The molecule has 0 radical (unpaired) electrons. The summed E-state index contributed by atoms with van der Waals surface area (Å²) in [5.41, 5.74) is 2.22. The van der Waals surface area contributed by atoms with Gasteiger partial charge in [0.2, 0.25) is 0 Å². The molecule has 2 aromatic carbocycles. The van der Waals surface area contributed by atoms with Crippen molar-refractivity contribution >= 4 is 35.2 Å². The summed E-state index contributed by atoms with van der Waals surface area (Å²) in [5.74, 6) is -0.169. The van der Waals surface area contributed by atoms with Gasteiger partial charge in [-0.2, -0.15) is 0 Å². The number of amides is 1. The average molecular weight is 418 g/mol. The minimum Gasteiger partial charge on any atom is -0.493 e. The summed E-state index contributed by atoms with van der Waals surface area (Å²) in [7, 11) is 1.51. The molecule has 0 aliphatic heterocycles. The van der Waals surface area contributed by atoms with Crippen LogP contribution in [0.5, 0.6) is 11.5 Å². The van der Waals surface area contributed by atoms with Gasteiger partial charge in [-0.25, -0.2) is 4.79 Å². The zero-order valence-electron chi connectivity index (χ0n) is 16.8. The molecule has 0 unspecified atom stereocenters. The third-order valence-electron chi connectivity index (χ3n) is 3.78. The van der Waals surface area contributed by atoms with Gasteiger partial charge in [-0.1, -0.05) is 29.8 Å². The molecule has 2 aromatic rings. The monoisotopic (exact) mass is 417 g/mol. The van der Waals surface area contributed by atoms with Crippen molar-refractivity contribution in [3.63, 3.8) is 0 Å². The minimum atomic E-state index is -0.650. The maximum absolute atomic E-state index is 11.9. The Morgan fingerprint density at radius 3 is 2.59 bits per heavy atom. The largest absolute Gasteiger partial charge is 0.493 e. The molecular formula is C22H24ClNO5. The Kier molecular flexibility index (Phi) is 8.09. The summed E-state index contributed by atoms with van der Waals surface area (Å²) in [6.45, 7) is 5.26. The lowest BCUT2D eigenvalue weighted by Crippen LogP contribution is -2.20. The second kappa shape index (κ2) is 10.5. The Labute approximate surface area is 175 Å². The summed E-state index contributed by atoms with van der Waals surface area (Å²) in [4.78, 5) is 23.9. The minimum absolute atomic E-state index is 0.0661. The van der Waals surface area contributed by atoms with E-state index in [0.29, 0.717) is 27.8 Å². The zero-order chi connectivity index (χ0) is 21.4. The second-order valence-corrected chi connectivity index (χ2v) is 6.91. The molecule has 0 atom stereocenters. The molecule has 0 heterocycles. The Morgan fingerprint density at radius 2 is 1.93 bits per heavy atom. The van der Waals surface area contributed by atoms with Crippen molar-refractivity contribution in [1.82, 2.24) is 0 Å². The van der Waals surface area contributed by atoms with Crippen molar-refractivity contribution in [2.24, 2.45) is 0 Å². The lowest BCUT2D eigenvalue weighted by molar-refractivity contribution is -0.142. The van der Waals surface area contributed by atoms with Gasteiger partial charge in [0.05, 0.1) is 18.2 Å². The van der Waals surface area contributed by atoms with Gasteiger partial charge in [-0.3, -0.25) is 4.79 Å². The van der Waals surface area contributed by atoms with Crippen LogP contribution in [0.3, 0.4) is 0 Å². The van der Waals surface area contributed by atoms with Gasteiger partial charge in [0.1, 0.15) is 0 Å². The van der Waals surface area contributed by atoms with Gasteiger partial charge in [0.15, 0.2) is 18.1 Å². The molecular weight excluding hydrogens is 394 g/mol. The second-order valence-electron chi connectivity index (χ2n) is 6.50. The molecule has 0 saturated heterocycles. The first-order valence-corrected chi connectivity index (χ1v) is 9.42. The van der Waals surface area contributed by atoms with Crippen molar-refractivity contribution in [3.8, 4) is 11.5 Å². The Balaban J connectivity index is 1.95. The van der Waals surface area contributed by atoms with E-state index >= 15 is 0 Å². The number of esters is 1. The molecule has 0 aromatic heterocycles. The maximum atomic E-state index is 11.9. The van der Waals surface area contributed by atoms with Crippen LogP contribution < -0.4 is 14.8 Å². The molecule has 2 rings (SSSR count). The summed E-state index contributed by atoms with van der Waals surface area (Å²) in [5, 5.41) is 3.06. The Morgan fingerprint density at radius 1 is 1.21 bits per heavy atom. The first kappa shape index (κ1) is 22.3. The number of carbonyl (C=O) groups is 2. The van der Waals surface area contributed by atoms with Gasteiger partial charge in [-0.05, 0) is 56.2 Å². The van der Waals surface area contributed by atoms with Gasteiger partial charge >= 0.3 is 5.97 Å². The number of halogens is 1. The van der Waals surface area contributed by atoms with Crippen molar-refractivity contribution < 1.29 is 23.8 Å². The van der Waals surface area contributed by atoms with Gasteiger partial charge < -0.3 is 19.5 Å². The lowest BCUT2D eigenvalue weighted by atomic mass is 10.2. The lowest BCUT2D eigenvalue weighted by Gasteiger charge is -2.15. The number of aryl methyl sites for hydroxylation is 1. The molecule has 0 aliphatic carbocycles. The summed E-state index contributed by atoms with van der Waals surface area (Å²) in [6, 6.07) is 10.7. The molecule has 154 valence electrons. The number of hydrogen-bond donors (Lipinski definition) is 1. The number of carbonyl (C=O) groups excluding carboxylic acids is 2. The predicted molar refractivity (Wildman–Crippen MR) is 114 cm³/mol. The predicted octanol–water partition coefficient (Wildman–Crippen LogP) is 4.64. The van der Waals surface area contributed by atoms with Crippen LogP contribution in [0.15, 0.2) is 42.5 Å². The van der Waals surface area contributed by atoms with Gasteiger partial charge in [0, 0.05) is 11.8 Å². The van der Waals surface area contributed by atoms with E-state index in [1.165, 1.54) is 19.3 Å². The van der Waals surface area contributed by atoms with Crippen molar-refractivity contribution in [1.29, 1.82) is 0 Å². The van der Waals surface area contributed by atoms with E-state index in [1.54, 1.807) is 18.2 Å². The number of ether oxygens (including phenoxy) is 3. The number of hydrogen-bond acceptors (Lipinski definition) is 5. The smallest absolute Gasteiger partial charge is 0.331 e. The highest BCUT2D eigenvalue weighted by molar-refractivity contribution is 6.32. The summed E-state index contributed by atoms with van der Waals surface area (Å²) < 4.78 is 15.9. The third-order valence-corrected chi connectivity index (χ3v) is 4.06. The van der Waals surface area contributed by atoms with Crippen LogP contribution in [0.1, 0.15) is 25.0 Å². The van der Waals surface area contributed by atoms with E-state index in [0.717, 1.165) is 5.56 Å². The molecule has 0 bridgehead atoms. The fraction of sp³-hybridized carbons (Fsp3) is 0.273. The van der Waals surface area contributed by atoms with E-state index in [2.05, 4.69) is 5.32 Å². The molecule has 1 amide bonds. The fourth-order valence-corrected chi connectivity index (χ4v) is 2.70. The molecule has 1 N–H and O–H groups in total. The van der Waals surface area contributed by atoms with Crippen LogP contribution in [0.25, 0.3) is 6.08 Å². The molecule has 29 heavy (non-hydrogen) atoms. The van der Waals surface area contributed by atoms with Crippen LogP contribution in [0, 0.1) is 6.92 Å². The number of para-hydroxylation sites is 1. The topological polar surface area (TPSA) is 73.9 Å². The number of nitrogens with one attached hydrogen (secondary N) is 1. The van der Waals surface area contributed by atoms with Crippen LogP contribution in [-0.2, 0) is 14.3 Å². The highest BCUT2D eigenvalue weighted by Crippen LogP contribution is 2.37. The number of rotatable bonds is 8. The van der Waals surface area contributed by atoms with Crippen LogP contribution >= 0.6 is 11.6 Å². The Hall–Kier alpha value is -2.99. The molecule has 0 aliphatic rings. The average Bonchev–Trinajstić information content (AvgIpc) is 2.68. The molecule has 6 nitrogen and oxygen atoms in total. The van der Waals surface area contributed by atoms with Crippen LogP contribution in [-0.4, -0.2) is 31.7 Å². The summed E-state index contributed by atoms with van der Waals surface area (Å²) >= 11 is 6.26. The van der Waals surface area contributed by atoms with Gasteiger partial charge in [-0.15, -0.1) is 0 Å². The van der Waals surface area contributed by atoms with Crippen LogP contribution in [0.4, 0.5) is 5.69 Å². The molecule has 0 saturated carbocycles. The van der Waals surface area contributed by atoms with E-state index in [1.807, 2.05) is 39.0 Å². The summed E-state index contributed by atoms with van der Waals surface area (Å²) in [6.07, 6.45) is 2.67. The Bertz CT molecular complexity index is 908. The molecule has 0 fully saturated rings. The third kappa shape index (κ3) is 6.84.